The molecule has 1 heterocycles. The summed E-state index contributed by atoms with van der Waals surface area (Å²) in [7, 11) is 0. The number of nitrogens with zero attached hydrogens (tertiary/aromatic N) is 1. The normalized spacial score (nSPS) is 20.2. The Morgan fingerprint density at radius 3 is 2.68 bits per heavy atom. The molecule has 2 amide bonds. The monoisotopic (exact) mass is 273 g/mol. The number of carbonyl (C=O) groups is 2. The highest BCUT2D eigenvalue weighted by atomic mass is 16.6. The predicted molar refractivity (Wildman–Crippen MR) is 69.1 cm³/mol. The van der Waals surface area contributed by atoms with Gasteiger partial charge in [0.2, 0.25) is 5.91 Å². The Labute approximate surface area is 113 Å². The van der Waals surface area contributed by atoms with E-state index in [4.69, 9.17) is 15.3 Å². The van der Waals surface area contributed by atoms with Crippen LogP contribution in [0.5, 0.6) is 0 Å². The van der Waals surface area contributed by atoms with Crippen LogP contribution in [0.15, 0.2) is 0 Å². The molecule has 7 nitrogen and oxygen atoms in total. The van der Waals surface area contributed by atoms with E-state index >= 15 is 0 Å². The van der Waals surface area contributed by atoms with Crippen molar-refractivity contribution in [2.75, 3.05) is 19.7 Å². The van der Waals surface area contributed by atoms with Crippen molar-refractivity contribution in [2.24, 2.45) is 5.73 Å². The highest BCUT2D eigenvalue weighted by molar-refractivity contribution is 5.74. The third-order valence-electron chi connectivity index (χ3n) is 2.54. The van der Waals surface area contributed by atoms with Crippen LogP contribution in [0.25, 0.3) is 0 Å². The summed E-state index contributed by atoms with van der Waals surface area (Å²) in [5, 5.41) is 0. The van der Waals surface area contributed by atoms with Crippen LogP contribution in [0.2, 0.25) is 0 Å². The zero-order valence-corrected chi connectivity index (χ0v) is 11.8. The van der Waals surface area contributed by atoms with Crippen molar-refractivity contribution < 1.29 is 19.2 Å². The Kier molecular flexibility index (Phi) is 5.56. The molecule has 1 aliphatic rings. The molecular formula is C12H23N3O4. The zero-order valence-electron chi connectivity index (χ0n) is 11.8. The number of carbonyl (C=O) groups excluding carboxylic acids is 2. The SMILES string of the molecule is CC(C)(C)OC(=O)N1CCCC(NOCC(N)=O)C1. The molecule has 0 spiro atoms. The maximum absolute atomic E-state index is 11.9. The average molecular weight is 273 g/mol. The third kappa shape index (κ3) is 6.40. The van der Waals surface area contributed by atoms with Crippen molar-refractivity contribution in [1.82, 2.24) is 10.4 Å². The first-order chi connectivity index (χ1) is 8.78. The second kappa shape index (κ2) is 6.72. The van der Waals surface area contributed by atoms with Crippen molar-refractivity contribution in [1.29, 1.82) is 0 Å². The lowest BCUT2D eigenvalue weighted by Crippen LogP contribution is -2.49. The maximum Gasteiger partial charge on any atom is 0.410 e. The molecule has 0 aliphatic carbocycles. The summed E-state index contributed by atoms with van der Waals surface area (Å²) in [6, 6.07) is -0.0133. The van der Waals surface area contributed by atoms with E-state index in [1.165, 1.54) is 0 Å². The third-order valence-corrected chi connectivity index (χ3v) is 2.54. The van der Waals surface area contributed by atoms with Crippen LogP contribution in [-0.2, 0) is 14.4 Å². The van der Waals surface area contributed by atoms with Gasteiger partial charge < -0.3 is 15.4 Å². The summed E-state index contributed by atoms with van der Waals surface area (Å²) >= 11 is 0. The molecule has 1 rings (SSSR count). The number of hydroxylamine groups is 1. The van der Waals surface area contributed by atoms with E-state index in [2.05, 4.69) is 5.48 Å². The van der Waals surface area contributed by atoms with E-state index in [9.17, 15) is 9.59 Å². The number of piperidine rings is 1. The Hall–Kier alpha value is -1.34. The number of ether oxygens (including phenoxy) is 1. The van der Waals surface area contributed by atoms with Crippen LogP contribution in [-0.4, -0.2) is 48.2 Å². The lowest BCUT2D eigenvalue weighted by atomic mass is 10.1. The van der Waals surface area contributed by atoms with E-state index in [0.717, 1.165) is 12.8 Å². The van der Waals surface area contributed by atoms with Gasteiger partial charge in [0.05, 0.1) is 6.04 Å². The molecule has 0 aromatic rings. The fraction of sp³-hybridized carbons (Fsp3) is 0.833. The van der Waals surface area contributed by atoms with Crippen LogP contribution in [0.1, 0.15) is 33.6 Å². The molecule has 1 unspecified atom stereocenters. The zero-order chi connectivity index (χ0) is 14.5. The van der Waals surface area contributed by atoms with Gasteiger partial charge in [-0.2, -0.15) is 5.48 Å². The topological polar surface area (TPSA) is 93.9 Å². The number of hydrogen-bond donors (Lipinski definition) is 2. The van der Waals surface area contributed by atoms with Gasteiger partial charge >= 0.3 is 6.09 Å². The average Bonchev–Trinajstić information content (AvgIpc) is 2.26. The first kappa shape index (κ1) is 15.7. The second-order valence-corrected chi connectivity index (χ2v) is 5.64. The number of amides is 2. The van der Waals surface area contributed by atoms with Gasteiger partial charge in [0.1, 0.15) is 12.2 Å². The highest BCUT2D eigenvalue weighted by Crippen LogP contribution is 2.15. The molecule has 3 N–H and O–H groups in total. The van der Waals surface area contributed by atoms with Crippen LogP contribution >= 0.6 is 0 Å². The first-order valence-corrected chi connectivity index (χ1v) is 6.41. The molecule has 19 heavy (non-hydrogen) atoms. The number of hydrogen-bond acceptors (Lipinski definition) is 5. The van der Waals surface area contributed by atoms with Crippen molar-refractivity contribution in [3.8, 4) is 0 Å². The van der Waals surface area contributed by atoms with E-state index in [0.29, 0.717) is 13.1 Å². The number of nitrogens with two attached hydrogens (primary N) is 1. The number of nitrogens with one attached hydrogen (secondary N) is 1. The van der Waals surface area contributed by atoms with Crippen molar-refractivity contribution in [2.45, 2.75) is 45.3 Å². The van der Waals surface area contributed by atoms with Gasteiger partial charge in [-0.05, 0) is 33.6 Å². The molecular weight excluding hydrogens is 250 g/mol. The van der Waals surface area contributed by atoms with Gasteiger partial charge in [-0.15, -0.1) is 0 Å². The molecule has 1 aliphatic heterocycles. The van der Waals surface area contributed by atoms with Crippen molar-refractivity contribution in [3.05, 3.63) is 0 Å². The van der Waals surface area contributed by atoms with Gasteiger partial charge in [0, 0.05) is 13.1 Å². The summed E-state index contributed by atoms with van der Waals surface area (Å²) in [5.41, 5.74) is 7.21. The summed E-state index contributed by atoms with van der Waals surface area (Å²) in [6.07, 6.45) is 1.41. The molecule has 110 valence electrons. The van der Waals surface area contributed by atoms with Crippen molar-refractivity contribution in [3.63, 3.8) is 0 Å². The van der Waals surface area contributed by atoms with Crippen molar-refractivity contribution >= 4 is 12.0 Å². The standard InChI is InChI=1S/C12H23N3O4/c1-12(2,3)19-11(17)15-6-4-5-9(7-15)14-18-8-10(13)16/h9,14H,4-8H2,1-3H3,(H2,13,16). The largest absolute Gasteiger partial charge is 0.444 e. The number of rotatable bonds is 4. The van der Waals surface area contributed by atoms with Crippen LogP contribution in [0, 0.1) is 0 Å². The molecule has 7 heteroatoms. The van der Waals surface area contributed by atoms with Gasteiger partial charge in [-0.25, -0.2) is 4.79 Å². The Morgan fingerprint density at radius 2 is 2.11 bits per heavy atom. The van der Waals surface area contributed by atoms with E-state index in [1.807, 2.05) is 20.8 Å². The lowest BCUT2D eigenvalue weighted by Gasteiger charge is -2.34. The van der Waals surface area contributed by atoms with Crippen LogP contribution in [0.3, 0.4) is 0 Å². The van der Waals surface area contributed by atoms with Gasteiger partial charge in [0.15, 0.2) is 0 Å². The van der Waals surface area contributed by atoms with Gasteiger partial charge in [-0.1, -0.05) is 0 Å². The Balaban J connectivity index is 2.37. The highest BCUT2D eigenvalue weighted by Gasteiger charge is 2.27. The summed E-state index contributed by atoms with van der Waals surface area (Å²) in [6.45, 7) is 6.49. The molecule has 0 aromatic heterocycles. The predicted octanol–water partition coefficient (Wildman–Crippen LogP) is 0.392. The van der Waals surface area contributed by atoms with E-state index < -0.39 is 11.5 Å². The Bertz CT molecular complexity index is 327. The smallest absolute Gasteiger partial charge is 0.410 e. The minimum atomic E-state index is -0.535. The van der Waals surface area contributed by atoms with Crippen LogP contribution < -0.4 is 11.2 Å². The number of likely N-dealkylation sites (tertiary alicyclic amines) is 1. The summed E-state index contributed by atoms with van der Waals surface area (Å²) in [4.78, 5) is 29.0. The van der Waals surface area contributed by atoms with E-state index in [1.54, 1.807) is 4.90 Å². The Morgan fingerprint density at radius 1 is 1.42 bits per heavy atom. The second-order valence-electron chi connectivity index (χ2n) is 5.64. The molecule has 0 bridgehead atoms. The maximum atomic E-state index is 11.9. The fourth-order valence-electron chi connectivity index (χ4n) is 1.80. The molecule has 0 radical (unpaired) electrons. The van der Waals surface area contributed by atoms with Gasteiger partial charge in [0.25, 0.3) is 0 Å². The lowest BCUT2D eigenvalue weighted by molar-refractivity contribution is -0.126. The number of primary amides is 1. The minimum Gasteiger partial charge on any atom is -0.444 e. The first-order valence-electron chi connectivity index (χ1n) is 6.41. The van der Waals surface area contributed by atoms with E-state index in [-0.39, 0.29) is 18.7 Å². The fourth-order valence-corrected chi connectivity index (χ4v) is 1.80. The minimum absolute atomic E-state index is 0.0133. The quantitative estimate of drug-likeness (QED) is 0.723. The van der Waals surface area contributed by atoms with Crippen LogP contribution in [0.4, 0.5) is 4.79 Å². The molecule has 1 atom stereocenters. The summed E-state index contributed by atoms with van der Waals surface area (Å²) < 4.78 is 5.31. The molecule has 0 saturated carbocycles. The summed E-state index contributed by atoms with van der Waals surface area (Å²) in [5.74, 6) is -0.535. The molecule has 1 saturated heterocycles. The molecule has 0 aromatic carbocycles. The molecule has 1 fully saturated rings. The van der Waals surface area contributed by atoms with Gasteiger partial charge in [-0.3, -0.25) is 9.63 Å².